The molecule has 0 N–H and O–H groups in total. The third-order valence-corrected chi connectivity index (χ3v) is 25.6. The number of hydrogen-bond donors (Lipinski definition) is 0. The number of para-hydroxylation sites is 8. The zero-order chi connectivity index (χ0) is 81.5. The van der Waals surface area contributed by atoms with Crippen LogP contribution in [0.5, 0.6) is 0 Å². The van der Waals surface area contributed by atoms with Crippen molar-refractivity contribution in [1.29, 1.82) is 0 Å². The molecular formula is C116H72N8. The van der Waals surface area contributed by atoms with Gasteiger partial charge >= 0.3 is 0 Å². The fourth-order valence-electron chi connectivity index (χ4n) is 20.5. The van der Waals surface area contributed by atoms with Crippen LogP contribution < -0.4 is 0 Å². The summed E-state index contributed by atoms with van der Waals surface area (Å²) in [5, 5.41) is 35.0. The van der Waals surface area contributed by atoms with Crippen LogP contribution in [0.15, 0.2) is 437 Å². The van der Waals surface area contributed by atoms with E-state index in [0.29, 0.717) is 0 Å². The average Bonchev–Trinajstić information content (AvgIpc) is 1.54. The van der Waals surface area contributed by atoms with Crippen molar-refractivity contribution in [2.24, 2.45) is 0 Å². The maximum atomic E-state index is 4.90. The summed E-state index contributed by atoms with van der Waals surface area (Å²) in [4.78, 5) is 19.4. The molecule has 0 spiro atoms. The number of hydrogen-bond acceptors (Lipinski definition) is 4. The van der Waals surface area contributed by atoms with Gasteiger partial charge in [-0.1, -0.05) is 291 Å². The molecule has 0 saturated carbocycles. The molecule has 0 atom stereocenters. The molecule has 0 aliphatic rings. The van der Waals surface area contributed by atoms with Gasteiger partial charge in [0.1, 0.15) is 0 Å². The molecule has 0 saturated heterocycles. The first kappa shape index (κ1) is 70.3. The maximum Gasteiger partial charge on any atom is 0.0808 e. The van der Waals surface area contributed by atoms with Gasteiger partial charge in [-0.05, 0) is 181 Å². The normalized spacial score (nSPS) is 11.9. The van der Waals surface area contributed by atoms with Crippen LogP contribution in [0.25, 0.3) is 240 Å². The molecule has 576 valence electrons. The second-order valence-corrected chi connectivity index (χ2v) is 32.1. The Morgan fingerprint density at radius 1 is 0.129 bits per heavy atom. The van der Waals surface area contributed by atoms with Gasteiger partial charge < -0.3 is 18.3 Å². The second kappa shape index (κ2) is 28.5. The van der Waals surface area contributed by atoms with Crippen LogP contribution in [0.1, 0.15) is 0 Å². The summed E-state index contributed by atoms with van der Waals surface area (Å²) in [5.74, 6) is 0. The first-order valence-electron chi connectivity index (χ1n) is 42.3. The number of nitrogens with zero attached hydrogens (tertiary/aromatic N) is 8. The van der Waals surface area contributed by atoms with Crippen molar-refractivity contribution in [3.63, 3.8) is 0 Å². The lowest BCUT2D eigenvalue weighted by molar-refractivity contribution is 1.18. The fourth-order valence-corrected chi connectivity index (χ4v) is 20.5. The molecular weight excluding hydrogens is 1510 g/mol. The van der Waals surface area contributed by atoms with E-state index in [0.717, 1.165) is 22.1 Å². The summed E-state index contributed by atoms with van der Waals surface area (Å²) in [6.45, 7) is 0. The molecule has 0 unspecified atom stereocenters. The molecule has 28 rings (SSSR count). The van der Waals surface area contributed by atoms with Gasteiger partial charge in [-0.25, -0.2) is 0 Å². The van der Waals surface area contributed by atoms with Crippen LogP contribution in [0.3, 0.4) is 0 Å². The summed E-state index contributed by atoms with van der Waals surface area (Å²) in [7, 11) is 0. The highest BCUT2D eigenvalue weighted by Crippen LogP contribution is 2.48. The van der Waals surface area contributed by atoms with Gasteiger partial charge in [0.05, 0.1) is 66.2 Å². The predicted octanol–water partition coefficient (Wildman–Crippen LogP) is 30.6. The Bertz CT molecular complexity index is 8680. The molecule has 0 amide bonds. The van der Waals surface area contributed by atoms with E-state index in [1.165, 1.54) is 218 Å². The van der Waals surface area contributed by atoms with Crippen molar-refractivity contribution in [1.82, 2.24) is 38.2 Å². The zero-order valence-electron chi connectivity index (χ0n) is 67.1. The topological polar surface area (TPSA) is 71.3 Å². The molecule has 8 aromatic heterocycles. The predicted molar refractivity (Wildman–Crippen MR) is 524 cm³/mol. The van der Waals surface area contributed by atoms with Crippen molar-refractivity contribution in [3.05, 3.63) is 437 Å². The van der Waals surface area contributed by atoms with Gasteiger partial charge in [-0.15, -0.1) is 0 Å². The first-order valence-corrected chi connectivity index (χ1v) is 42.3. The first-order chi connectivity index (χ1) is 61.6. The van der Waals surface area contributed by atoms with E-state index in [4.69, 9.17) is 19.9 Å². The number of rotatable bonds is 4. The van der Waals surface area contributed by atoms with Crippen molar-refractivity contribution in [2.45, 2.75) is 0 Å². The minimum atomic E-state index is 1.06. The summed E-state index contributed by atoms with van der Waals surface area (Å²) < 4.78 is 9.51. The van der Waals surface area contributed by atoms with E-state index >= 15 is 0 Å². The summed E-state index contributed by atoms with van der Waals surface area (Å²) in [5.41, 5.74) is 18.7. The largest absolute Gasteiger partial charge is 0.309 e. The van der Waals surface area contributed by atoms with Gasteiger partial charge in [-0.3, -0.25) is 19.9 Å². The van der Waals surface area contributed by atoms with E-state index in [-0.39, 0.29) is 0 Å². The number of fused-ring (bicyclic) bond motifs is 39. The summed E-state index contributed by atoms with van der Waals surface area (Å²) in [6.07, 6.45) is 7.61. The minimum absolute atomic E-state index is 1.06. The van der Waals surface area contributed by atoms with Crippen LogP contribution >= 0.6 is 0 Å². The molecule has 8 heteroatoms. The Morgan fingerprint density at radius 3 is 0.887 bits per heavy atom. The number of pyridine rings is 4. The van der Waals surface area contributed by atoms with Crippen LogP contribution in [-0.2, 0) is 0 Å². The van der Waals surface area contributed by atoms with Crippen LogP contribution in [0.2, 0.25) is 0 Å². The molecule has 20 aromatic carbocycles. The Balaban J connectivity index is 0.0000000906. The molecule has 0 bridgehead atoms. The van der Waals surface area contributed by atoms with E-state index in [2.05, 4.69) is 407 Å². The van der Waals surface area contributed by atoms with Gasteiger partial charge in [-0.2, -0.15) is 0 Å². The van der Waals surface area contributed by atoms with Gasteiger partial charge in [0.2, 0.25) is 0 Å². The molecule has 8 nitrogen and oxygen atoms in total. The van der Waals surface area contributed by atoms with Gasteiger partial charge in [0, 0.05) is 139 Å². The summed E-state index contributed by atoms with van der Waals surface area (Å²) in [6, 6.07) is 147. The molecule has 0 fully saturated rings. The van der Waals surface area contributed by atoms with Crippen molar-refractivity contribution < 1.29 is 0 Å². The van der Waals surface area contributed by atoms with E-state index in [9.17, 15) is 0 Å². The molecule has 124 heavy (non-hydrogen) atoms. The number of benzene rings is 20. The molecule has 0 aliphatic carbocycles. The van der Waals surface area contributed by atoms with E-state index in [1.54, 1.807) is 0 Å². The SMILES string of the molecule is c1ccc(-n2c3ccccc3c3c4c(ccc32)c2ccccc2c2cccnc24)cc1.c1ccc(-n2c3ccccc3c3c4c5ccccc5c5cccnc5c4ccc32)cc1.c1ccc(-n2c3ccccc3c3cc4c5ccccc5c5cccnc5c4cc32)cc1.c1ccc(-n2c3ccccc3c3ccc4c5ccccc5c5cccnc5c4c32)cc1. The highest BCUT2D eigenvalue weighted by molar-refractivity contribution is 6.38. The summed E-state index contributed by atoms with van der Waals surface area (Å²) >= 11 is 0. The second-order valence-electron chi connectivity index (χ2n) is 32.1. The lowest BCUT2D eigenvalue weighted by Gasteiger charge is -2.13. The van der Waals surface area contributed by atoms with Crippen molar-refractivity contribution in [3.8, 4) is 22.7 Å². The molecule has 28 aromatic rings. The Labute approximate surface area is 710 Å². The standard InChI is InChI=1S/4C29H18N2/c1-2-9-19(10-3-1)31-25-15-7-6-13-24(25)27-26(31)17-16-22-20-11-4-5-12-21(20)23-14-8-18-30-29(23)28(22)27;1-2-9-19(10-3-1)31-25-15-7-6-13-23(25)28-26(31)17-16-24-27(28)21-12-5-4-11-20(21)22-14-8-18-30-29(22)24;1-2-9-19(10-3-1)31-26-15-7-6-13-22(26)25-17-16-23-20-11-4-5-12-21(20)24-14-8-18-30-28(24)27(23)29(25)31;1-2-9-19(10-3-1)31-27-15-7-6-13-22(27)25-17-24-21-12-5-4-11-20(21)23-14-8-16-30-29(23)26(24)18-28(25)31/h4*1-18H. The highest BCUT2D eigenvalue weighted by atomic mass is 15.0. The fraction of sp³-hybridized carbons (Fsp3) is 0. The van der Waals surface area contributed by atoms with E-state index in [1.807, 2.05) is 49.1 Å². The molecule has 8 heterocycles. The lowest BCUT2D eigenvalue weighted by Crippen LogP contribution is -1.95. The Morgan fingerprint density at radius 2 is 0.411 bits per heavy atom. The zero-order valence-corrected chi connectivity index (χ0v) is 67.1. The highest BCUT2D eigenvalue weighted by Gasteiger charge is 2.25. The van der Waals surface area contributed by atoms with Crippen molar-refractivity contribution >= 4 is 217 Å². The minimum Gasteiger partial charge on any atom is -0.309 e. The third-order valence-electron chi connectivity index (χ3n) is 25.6. The number of aromatic nitrogens is 8. The Hall–Kier alpha value is -16.7. The monoisotopic (exact) mass is 1580 g/mol. The smallest absolute Gasteiger partial charge is 0.0808 e. The van der Waals surface area contributed by atoms with Gasteiger partial charge in [0.25, 0.3) is 0 Å². The van der Waals surface area contributed by atoms with E-state index < -0.39 is 0 Å². The average molecular weight is 1580 g/mol. The third kappa shape index (κ3) is 10.8. The lowest BCUT2D eigenvalue weighted by atomic mass is 9.94. The Kier molecular flexibility index (Phi) is 16.2. The van der Waals surface area contributed by atoms with Crippen LogP contribution in [0, 0.1) is 0 Å². The molecule has 0 aliphatic heterocycles. The quantitative estimate of drug-likeness (QED) is 0.165. The maximum absolute atomic E-state index is 4.90. The van der Waals surface area contributed by atoms with Crippen LogP contribution in [-0.4, -0.2) is 38.2 Å². The van der Waals surface area contributed by atoms with Crippen LogP contribution in [0.4, 0.5) is 0 Å². The van der Waals surface area contributed by atoms with Gasteiger partial charge in [0.15, 0.2) is 0 Å². The molecule has 0 radical (unpaired) electrons. The van der Waals surface area contributed by atoms with Crippen molar-refractivity contribution in [2.75, 3.05) is 0 Å².